The van der Waals surface area contributed by atoms with E-state index < -0.39 is 0 Å². The molecule has 0 aromatic heterocycles. The van der Waals surface area contributed by atoms with Crippen LogP contribution < -0.4 is 5.32 Å². The SMILES string of the molecule is [CH2]CCCSC(=NC#N)NC. The van der Waals surface area contributed by atoms with Crippen LogP contribution in [-0.4, -0.2) is 18.0 Å². The molecule has 0 unspecified atom stereocenters. The fraction of sp³-hybridized carbons (Fsp3) is 0.571. The minimum absolute atomic E-state index is 0.681. The lowest BCUT2D eigenvalue weighted by molar-refractivity contribution is 0.971. The zero-order valence-electron chi connectivity index (χ0n) is 6.63. The van der Waals surface area contributed by atoms with Gasteiger partial charge in [0, 0.05) is 12.8 Å². The number of amidine groups is 1. The Hall–Kier alpha value is -0.690. The summed E-state index contributed by atoms with van der Waals surface area (Å²) < 4.78 is 0. The van der Waals surface area contributed by atoms with Gasteiger partial charge in [-0.15, -0.1) is 4.99 Å². The van der Waals surface area contributed by atoms with Crippen LogP contribution in [0, 0.1) is 18.4 Å². The maximum Gasteiger partial charge on any atom is 0.208 e. The molecule has 0 saturated heterocycles. The fourth-order valence-corrected chi connectivity index (χ4v) is 1.27. The summed E-state index contributed by atoms with van der Waals surface area (Å²) in [7, 11) is 1.76. The van der Waals surface area contributed by atoms with E-state index in [2.05, 4.69) is 17.2 Å². The number of nitrogens with one attached hydrogen (secondary N) is 1. The van der Waals surface area contributed by atoms with Gasteiger partial charge in [-0.1, -0.05) is 25.1 Å². The highest BCUT2D eigenvalue weighted by molar-refractivity contribution is 8.13. The molecule has 0 bridgehead atoms. The number of rotatable bonds is 3. The van der Waals surface area contributed by atoms with Gasteiger partial charge in [-0.25, -0.2) is 0 Å². The lowest BCUT2D eigenvalue weighted by Gasteiger charge is -2.00. The molecule has 1 radical (unpaired) electrons. The van der Waals surface area contributed by atoms with E-state index in [0.29, 0.717) is 5.17 Å². The van der Waals surface area contributed by atoms with Gasteiger partial charge in [0.25, 0.3) is 0 Å². The first-order valence-corrected chi connectivity index (χ1v) is 4.40. The quantitative estimate of drug-likeness (QED) is 0.301. The van der Waals surface area contributed by atoms with Gasteiger partial charge in [-0.05, 0) is 6.42 Å². The molecule has 0 fully saturated rings. The number of hydrogen-bond acceptors (Lipinski definition) is 3. The van der Waals surface area contributed by atoms with Gasteiger partial charge < -0.3 is 5.32 Å². The van der Waals surface area contributed by atoms with Crippen molar-refractivity contribution in [3.63, 3.8) is 0 Å². The smallest absolute Gasteiger partial charge is 0.208 e. The van der Waals surface area contributed by atoms with Crippen LogP contribution in [0.1, 0.15) is 12.8 Å². The largest absolute Gasteiger partial charge is 0.367 e. The Balaban J connectivity index is 3.55. The Bertz CT molecular complexity index is 160. The summed E-state index contributed by atoms with van der Waals surface area (Å²) in [4.78, 5) is 3.57. The number of unbranched alkanes of at least 4 members (excludes halogenated alkanes) is 1. The van der Waals surface area contributed by atoms with Crippen LogP contribution in [0.25, 0.3) is 0 Å². The van der Waals surface area contributed by atoms with Gasteiger partial charge in [0.2, 0.25) is 6.19 Å². The molecule has 0 aromatic carbocycles. The lowest BCUT2D eigenvalue weighted by Crippen LogP contribution is -2.14. The fourth-order valence-electron chi connectivity index (χ4n) is 0.477. The minimum atomic E-state index is 0.681. The normalized spacial score (nSPS) is 10.8. The summed E-state index contributed by atoms with van der Waals surface area (Å²) in [6.07, 6.45) is 3.71. The van der Waals surface area contributed by atoms with Crippen molar-refractivity contribution in [3.8, 4) is 6.19 Å². The number of hydrogen-bond donors (Lipinski definition) is 1. The third-order valence-corrected chi connectivity index (χ3v) is 2.06. The van der Waals surface area contributed by atoms with Crippen molar-refractivity contribution in [2.75, 3.05) is 12.8 Å². The molecule has 0 aromatic rings. The summed E-state index contributed by atoms with van der Waals surface area (Å²) in [6.45, 7) is 3.72. The summed E-state index contributed by atoms with van der Waals surface area (Å²) >= 11 is 1.55. The molecule has 0 rings (SSSR count). The highest BCUT2D eigenvalue weighted by atomic mass is 32.2. The van der Waals surface area contributed by atoms with E-state index in [-0.39, 0.29) is 0 Å². The second kappa shape index (κ2) is 7.42. The number of nitriles is 1. The second-order valence-corrected chi connectivity index (χ2v) is 2.91. The lowest BCUT2D eigenvalue weighted by atomic mass is 10.4. The molecule has 11 heavy (non-hydrogen) atoms. The summed E-state index contributed by atoms with van der Waals surface area (Å²) in [6, 6.07) is 0. The van der Waals surface area contributed by atoms with E-state index in [0.717, 1.165) is 18.6 Å². The van der Waals surface area contributed by atoms with Gasteiger partial charge in [0.05, 0.1) is 0 Å². The van der Waals surface area contributed by atoms with E-state index >= 15 is 0 Å². The molecule has 1 N–H and O–H groups in total. The second-order valence-electron chi connectivity index (χ2n) is 1.82. The average molecular weight is 170 g/mol. The molecule has 0 aliphatic carbocycles. The first-order valence-electron chi connectivity index (χ1n) is 3.41. The summed E-state index contributed by atoms with van der Waals surface area (Å²) in [5.74, 6) is 0.963. The first-order chi connectivity index (χ1) is 5.35. The summed E-state index contributed by atoms with van der Waals surface area (Å²) in [5.41, 5.74) is 0. The Morgan fingerprint density at radius 3 is 3.00 bits per heavy atom. The van der Waals surface area contributed by atoms with Crippen molar-refractivity contribution in [1.82, 2.24) is 5.32 Å². The van der Waals surface area contributed by atoms with Gasteiger partial charge in [-0.2, -0.15) is 5.26 Å². The molecule has 0 spiro atoms. The Kier molecular flexibility index (Phi) is 6.95. The predicted octanol–water partition coefficient (Wildman–Crippen LogP) is 1.39. The van der Waals surface area contributed by atoms with Crippen molar-refractivity contribution in [2.24, 2.45) is 4.99 Å². The van der Waals surface area contributed by atoms with Gasteiger partial charge >= 0.3 is 0 Å². The number of aliphatic imine (C=N–C) groups is 1. The van der Waals surface area contributed by atoms with Crippen LogP contribution in [0.2, 0.25) is 0 Å². The van der Waals surface area contributed by atoms with Crippen LogP contribution in [0.5, 0.6) is 0 Å². The van der Waals surface area contributed by atoms with Crippen molar-refractivity contribution in [1.29, 1.82) is 5.26 Å². The van der Waals surface area contributed by atoms with Crippen molar-refractivity contribution >= 4 is 16.9 Å². The van der Waals surface area contributed by atoms with Gasteiger partial charge in [0.15, 0.2) is 5.17 Å². The first kappa shape index (κ1) is 10.3. The zero-order chi connectivity index (χ0) is 8.53. The molecule has 0 saturated carbocycles. The molecule has 0 heterocycles. The molecule has 61 valence electrons. The Morgan fingerprint density at radius 1 is 1.82 bits per heavy atom. The molecule has 0 atom stereocenters. The van der Waals surface area contributed by atoms with Crippen LogP contribution in [-0.2, 0) is 0 Å². The molecule has 0 aliphatic heterocycles. The average Bonchev–Trinajstić information content (AvgIpc) is 2.03. The van der Waals surface area contributed by atoms with Crippen LogP contribution in [0.4, 0.5) is 0 Å². The van der Waals surface area contributed by atoms with Crippen LogP contribution >= 0.6 is 11.8 Å². The summed E-state index contributed by atoms with van der Waals surface area (Å²) in [5, 5.41) is 11.7. The van der Waals surface area contributed by atoms with E-state index in [9.17, 15) is 0 Å². The molecular weight excluding hydrogens is 158 g/mol. The van der Waals surface area contributed by atoms with Crippen LogP contribution in [0.3, 0.4) is 0 Å². The molecule has 4 heteroatoms. The predicted molar refractivity (Wildman–Crippen MR) is 49.2 cm³/mol. The van der Waals surface area contributed by atoms with Gasteiger partial charge in [-0.3, -0.25) is 0 Å². The maximum absolute atomic E-state index is 8.22. The van der Waals surface area contributed by atoms with Crippen molar-refractivity contribution < 1.29 is 0 Å². The minimum Gasteiger partial charge on any atom is -0.367 e. The number of nitrogens with zero attached hydrogens (tertiary/aromatic N) is 2. The maximum atomic E-state index is 8.22. The third kappa shape index (κ3) is 5.74. The van der Waals surface area contributed by atoms with Crippen molar-refractivity contribution in [2.45, 2.75) is 12.8 Å². The molecule has 0 amide bonds. The number of thioether (sulfide) groups is 1. The Labute approximate surface area is 71.9 Å². The topological polar surface area (TPSA) is 48.2 Å². The molecule has 3 nitrogen and oxygen atoms in total. The highest BCUT2D eigenvalue weighted by Crippen LogP contribution is 2.04. The third-order valence-electron chi connectivity index (χ3n) is 0.999. The monoisotopic (exact) mass is 170 g/mol. The van der Waals surface area contributed by atoms with Crippen molar-refractivity contribution in [3.05, 3.63) is 6.92 Å². The standard InChI is InChI=1S/C7H12N3S/c1-3-4-5-11-7(9-2)10-6-8/h1,3-5H2,2H3,(H,9,10). The molecule has 0 aliphatic rings. The van der Waals surface area contributed by atoms with E-state index in [1.54, 1.807) is 25.0 Å². The van der Waals surface area contributed by atoms with Gasteiger partial charge in [0.1, 0.15) is 0 Å². The van der Waals surface area contributed by atoms with Crippen LogP contribution in [0.15, 0.2) is 4.99 Å². The Morgan fingerprint density at radius 2 is 2.55 bits per heavy atom. The zero-order valence-corrected chi connectivity index (χ0v) is 7.45. The molecular formula is C7H12N3S. The van der Waals surface area contributed by atoms with E-state index in [1.165, 1.54) is 0 Å². The van der Waals surface area contributed by atoms with E-state index in [4.69, 9.17) is 5.26 Å². The highest BCUT2D eigenvalue weighted by Gasteiger charge is 1.94. The van der Waals surface area contributed by atoms with E-state index in [1.807, 2.05) is 0 Å².